The van der Waals surface area contributed by atoms with E-state index in [0.717, 1.165) is 0 Å². The number of nitrogens with zero attached hydrogens (tertiary/aromatic N) is 1. The third-order valence-corrected chi connectivity index (χ3v) is 4.09. The summed E-state index contributed by atoms with van der Waals surface area (Å²) in [4.78, 5) is 11.7. The van der Waals surface area contributed by atoms with Crippen molar-refractivity contribution >= 4 is 35.7 Å². The van der Waals surface area contributed by atoms with Crippen molar-refractivity contribution in [1.82, 2.24) is 0 Å². The van der Waals surface area contributed by atoms with Crippen LogP contribution < -0.4 is 30.0 Å². The summed E-state index contributed by atoms with van der Waals surface area (Å²) in [6.07, 6.45) is 1.68. The summed E-state index contributed by atoms with van der Waals surface area (Å²) < 4.78 is 21.3. The van der Waals surface area contributed by atoms with Gasteiger partial charge in [0.2, 0.25) is 11.7 Å². The molecule has 2 aromatic rings. The zero-order valence-electron chi connectivity index (χ0n) is 17.1. The van der Waals surface area contributed by atoms with Crippen molar-refractivity contribution in [3.63, 3.8) is 0 Å². The first-order valence-corrected chi connectivity index (χ1v) is 8.61. The zero-order valence-corrected chi connectivity index (χ0v) is 18.0. The number of ether oxygens (including phenoxy) is 4. The van der Waals surface area contributed by atoms with E-state index in [1.165, 1.54) is 28.4 Å². The predicted molar refractivity (Wildman–Crippen MR) is 118 cm³/mol. The summed E-state index contributed by atoms with van der Waals surface area (Å²) in [6, 6.07) is 10.7. The van der Waals surface area contributed by atoms with Crippen molar-refractivity contribution in [1.29, 1.82) is 5.26 Å². The summed E-state index contributed by atoms with van der Waals surface area (Å²) in [7, 11) is 6.02. The average molecular weight is 434 g/mol. The van der Waals surface area contributed by atoms with Gasteiger partial charge in [0, 0.05) is 0 Å². The van der Waals surface area contributed by atoms with Gasteiger partial charge in [-0.15, -0.1) is 12.4 Å². The number of hydrogen-bond donors (Lipinski definition) is 2. The minimum Gasteiger partial charge on any atom is -0.495 e. The Balaban J connectivity index is 0.00000450. The minimum atomic E-state index is -0.352. The lowest BCUT2D eigenvalue weighted by molar-refractivity contribution is -0.114. The van der Waals surface area contributed by atoms with Gasteiger partial charge in [-0.05, 0) is 41.5 Å². The molecule has 0 aliphatic rings. The second-order valence-electron chi connectivity index (χ2n) is 5.80. The molecule has 2 rings (SSSR count). The number of nitrogens with two attached hydrogens (primary N) is 1. The number of allylic oxidation sites excluding steroid dienone is 1. The first-order valence-electron chi connectivity index (χ1n) is 8.61. The van der Waals surface area contributed by atoms with Gasteiger partial charge >= 0.3 is 0 Å². The van der Waals surface area contributed by atoms with Crippen LogP contribution in [0.3, 0.4) is 0 Å². The Morgan fingerprint density at radius 3 is 2.10 bits per heavy atom. The van der Waals surface area contributed by atoms with Crippen LogP contribution in [0.5, 0.6) is 23.0 Å². The fourth-order valence-corrected chi connectivity index (χ4v) is 2.70. The Morgan fingerprint density at radius 1 is 1.03 bits per heavy atom. The van der Waals surface area contributed by atoms with E-state index in [0.29, 0.717) is 45.4 Å². The molecule has 0 saturated heterocycles. The summed E-state index contributed by atoms with van der Waals surface area (Å²) in [5.41, 5.74) is 7.46. The lowest BCUT2D eigenvalue weighted by atomic mass is 10.0. The van der Waals surface area contributed by atoms with Crippen molar-refractivity contribution < 1.29 is 23.7 Å². The summed E-state index contributed by atoms with van der Waals surface area (Å²) in [5, 5.41) is 12.4. The molecule has 2 aromatic carbocycles. The molecule has 1 amide bonds. The molecule has 9 heteroatoms. The van der Waals surface area contributed by atoms with Gasteiger partial charge in [0.1, 0.15) is 5.75 Å². The van der Waals surface area contributed by atoms with Crippen molar-refractivity contribution in [2.75, 3.05) is 40.3 Å². The molecular formula is C21H24ClN3O5. The van der Waals surface area contributed by atoms with E-state index in [-0.39, 0.29) is 24.9 Å². The van der Waals surface area contributed by atoms with Crippen LogP contribution in [-0.4, -0.2) is 40.9 Å². The first kappa shape index (κ1) is 24.6. The second kappa shape index (κ2) is 11.6. The highest BCUT2D eigenvalue weighted by molar-refractivity contribution is 5.95. The van der Waals surface area contributed by atoms with Gasteiger partial charge in [-0.25, -0.2) is 0 Å². The number of nitriles is 1. The number of rotatable bonds is 8. The lowest BCUT2D eigenvalue weighted by Gasteiger charge is -2.14. The van der Waals surface area contributed by atoms with Crippen LogP contribution in [-0.2, 0) is 4.79 Å². The van der Waals surface area contributed by atoms with Crippen LogP contribution in [0.2, 0.25) is 0 Å². The molecule has 0 fully saturated rings. The van der Waals surface area contributed by atoms with Crippen LogP contribution in [0.25, 0.3) is 11.6 Å². The summed E-state index contributed by atoms with van der Waals surface area (Å²) in [6.45, 7) is -0.155. The Hall–Kier alpha value is -3.41. The van der Waals surface area contributed by atoms with Gasteiger partial charge in [0.25, 0.3) is 0 Å². The van der Waals surface area contributed by atoms with E-state index in [1.54, 1.807) is 36.4 Å². The predicted octanol–water partition coefficient (Wildman–Crippen LogP) is 3.10. The topological polar surface area (TPSA) is 116 Å². The highest BCUT2D eigenvalue weighted by atomic mass is 35.5. The molecule has 0 aromatic heterocycles. The number of methoxy groups -OCH3 is 4. The number of hydrogen-bond acceptors (Lipinski definition) is 7. The van der Waals surface area contributed by atoms with Crippen molar-refractivity contribution in [2.24, 2.45) is 5.73 Å². The van der Waals surface area contributed by atoms with E-state index >= 15 is 0 Å². The molecule has 0 spiro atoms. The van der Waals surface area contributed by atoms with Gasteiger partial charge < -0.3 is 30.0 Å². The number of anilines is 1. The van der Waals surface area contributed by atoms with Crippen LogP contribution in [0, 0.1) is 11.3 Å². The number of carbonyl (C=O) groups excluding carboxylic acids is 1. The molecular weight excluding hydrogens is 410 g/mol. The molecule has 8 nitrogen and oxygen atoms in total. The fourth-order valence-electron chi connectivity index (χ4n) is 2.70. The monoisotopic (exact) mass is 433 g/mol. The number of amides is 1. The molecule has 0 atom stereocenters. The Labute approximate surface area is 181 Å². The second-order valence-corrected chi connectivity index (χ2v) is 5.80. The van der Waals surface area contributed by atoms with Crippen LogP contribution in [0.4, 0.5) is 5.69 Å². The standard InChI is InChI=1S/C21H23N3O5.ClH/c1-26-17-6-5-13(8-16(17)24-20(25)12-23)7-15(11-22)14-9-18(27-2)21(29-4)19(10-14)28-3;/h5-10H,12,23H2,1-4H3,(H,24,25);1H. The average Bonchev–Trinajstić information content (AvgIpc) is 2.76. The summed E-state index contributed by atoms with van der Waals surface area (Å²) >= 11 is 0. The van der Waals surface area contributed by atoms with E-state index in [2.05, 4.69) is 11.4 Å². The Morgan fingerprint density at radius 2 is 1.63 bits per heavy atom. The van der Waals surface area contributed by atoms with Gasteiger partial charge in [0.15, 0.2) is 11.5 Å². The smallest absolute Gasteiger partial charge is 0.238 e. The number of benzene rings is 2. The quantitative estimate of drug-likeness (QED) is 0.485. The largest absolute Gasteiger partial charge is 0.495 e. The lowest BCUT2D eigenvalue weighted by Crippen LogP contribution is -2.22. The summed E-state index contributed by atoms with van der Waals surface area (Å²) in [5.74, 6) is 1.44. The number of nitrogens with one attached hydrogen (secondary N) is 1. The minimum absolute atomic E-state index is 0. The maximum Gasteiger partial charge on any atom is 0.238 e. The molecule has 30 heavy (non-hydrogen) atoms. The molecule has 0 unspecified atom stereocenters. The SMILES string of the molecule is COc1ccc(C=C(C#N)c2cc(OC)c(OC)c(OC)c2)cc1NC(=O)CN.Cl. The highest BCUT2D eigenvalue weighted by Crippen LogP contribution is 2.40. The fraction of sp³-hybridized carbons (Fsp3) is 0.238. The molecule has 0 radical (unpaired) electrons. The van der Waals surface area contributed by atoms with E-state index < -0.39 is 0 Å². The van der Waals surface area contributed by atoms with E-state index in [1.807, 2.05) is 0 Å². The molecule has 0 aliphatic heterocycles. The van der Waals surface area contributed by atoms with Gasteiger partial charge in [0.05, 0.1) is 52.3 Å². The third kappa shape index (κ3) is 5.56. The van der Waals surface area contributed by atoms with Crippen LogP contribution >= 0.6 is 12.4 Å². The Kier molecular flexibility index (Phi) is 9.49. The van der Waals surface area contributed by atoms with Crippen LogP contribution in [0.15, 0.2) is 30.3 Å². The van der Waals surface area contributed by atoms with Gasteiger partial charge in [-0.1, -0.05) is 6.07 Å². The van der Waals surface area contributed by atoms with Crippen molar-refractivity contribution in [3.8, 4) is 29.1 Å². The van der Waals surface area contributed by atoms with Crippen LogP contribution in [0.1, 0.15) is 11.1 Å². The molecule has 0 saturated carbocycles. The highest BCUT2D eigenvalue weighted by Gasteiger charge is 2.15. The van der Waals surface area contributed by atoms with E-state index in [4.69, 9.17) is 24.7 Å². The van der Waals surface area contributed by atoms with E-state index in [9.17, 15) is 10.1 Å². The van der Waals surface area contributed by atoms with Crippen molar-refractivity contribution in [3.05, 3.63) is 41.5 Å². The van der Waals surface area contributed by atoms with Gasteiger partial charge in [-0.3, -0.25) is 4.79 Å². The van der Waals surface area contributed by atoms with Gasteiger partial charge in [-0.2, -0.15) is 5.26 Å². The Bertz CT molecular complexity index is 945. The molecule has 0 bridgehead atoms. The molecule has 160 valence electrons. The zero-order chi connectivity index (χ0) is 21.4. The normalized spacial score (nSPS) is 10.3. The number of carbonyl (C=O) groups is 1. The van der Waals surface area contributed by atoms with Crippen molar-refractivity contribution in [2.45, 2.75) is 0 Å². The number of halogens is 1. The third-order valence-electron chi connectivity index (χ3n) is 4.09. The maximum atomic E-state index is 11.7. The molecule has 0 aliphatic carbocycles. The first-order chi connectivity index (χ1) is 14.0. The molecule has 0 heterocycles. The maximum absolute atomic E-state index is 11.7. The molecule has 3 N–H and O–H groups in total.